The molecule has 0 aliphatic rings. The summed E-state index contributed by atoms with van der Waals surface area (Å²) in [5, 5.41) is 5.21. The third kappa shape index (κ3) is 6.16. The van der Waals surface area contributed by atoms with Crippen LogP contribution < -0.4 is 20.1 Å². The summed E-state index contributed by atoms with van der Waals surface area (Å²) in [6.07, 6.45) is 0.175. The molecule has 0 radical (unpaired) electrons. The summed E-state index contributed by atoms with van der Waals surface area (Å²) in [6, 6.07) is 6.93. The maximum atomic E-state index is 11.8. The third-order valence-corrected chi connectivity index (χ3v) is 2.74. The number of nitrogens with one attached hydrogen (secondary N) is 2. The summed E-state index contributed by atoms with van der Waals surface area (Å²) >= 11 is 0. The average Bonchev–Trinajstić information content (AvgIpc) is 2.51. The number of hydrogen-bond acceptors (Lipinski definition) is 4. The zero-order valence-corrected chi connectivity index (χ0v) is 12.6. The molecule has 1 aromatic carbocycles. The van der Waals surface area contributed by atoms with Crippen molar-refractivity contribution in [1.29, 1.82) is 0 Å². The van der Waals surface area contributed by atoms with Gasteiger partial charge in [-0.3, -0.25) is 9.59 Å². The molecule has 0 aromatic heterocycles. The monoisotopic (exact) mass is 294 g/mol. The molecule has 1 unspecified atom stereocenters. The molecule has 6 nitrogen and oxygen atoms in total. The van der Waals surface area contributed by atoms with Crippen molar-refractivity contribution in [2.75, 3.05) is 20.2 Å². The van der Waals surface area contributed by atoms with Crippen LogP contribution in [0.1, 0.15) is 20.3 Å². The molecule has 1 atom stereocenters. The van der Waals surface area contributed by atoms with Gasteiger partial charge in [0.25, 0.3) is 5.91 Å². The Bertz CT molecular complexity index is 459. The Hall–Kier alpha value is -2.24. The van der Waals surface area contributed by atoms with E-state index in [2.05, 4.69) is 10.6 Å². The second-order valence-electron chi connectivity index (χ2n) is 4.50. The lowest BCUT2D eigenvalue weighted by atomic mass is 10.3. The first-order valence-corrected chi connectivity index (χ1v) is 6.92. The van der Waals surface area contributed by atoms with Crippen molar-refractivity contribution < 1.29 is 19.1 Å². The molecule has 2 amide bonds. The van der Waals surface area contributed by atoms with Crippen LogP contribution in [0.4, 0.5) is 0 Å². The molecule has 2 N–H and O–H groups in total. The van der Waals surface area contributed by atoms with Crippen LogP contribution in [0.5, 0.6) is 11.5 Å². The van der Waals surface area contributed by atoms with Crippen LogP contribution >= 0.6 is 0 Å². The normalized spacial score (nSPS) is 11.4. The highest BCUT2D eigenvalue weighted by Gasteiger charge is 2.15. The van der Waals surface area contributed by atoms with E-state index in [4.69, 9.17) is 9.47 Å². The molecular weight excluding hydrogens is 272 g/mol. The lowest BCUT2D eigenvalue weighted by Gasteiger charge is -2.14. The number of methoxy groups -OCH3 is 1. The van der Waals surface area contributed by atoms with E-state index in [1.807, 2.05) is 6.92 Å². The van der Waals surface area contributed by atoms with Crippen LogP contribution in [-0.4, -0.2) is 38.1 Å². The van der Waals surface area contributed by atoms with E-state index < -0.39 is 6.10 Å². The Morgan fingerprint density at radius 3 is 2.33 bits per heavy atom. The second-order valence-corrected chi connectivity index (χ2v) is 4.50. The lowest BCUT2D eigenvalue weighted by molar-refractivity contribution is -0.130. The number of ether oxygens (including phenoxy) is 2. The van der Waals surface area contributed by atoms with E-state index in [1.54, 1.807) is 38.3 Å². The zero-order valence-electron chi connectivity index (χ0n) is 12.6. The van der Waals surface area contributed by atoms with Gasteiger partial charge in [0.05, 0.1) is 13.7 Å². The number of carbonyl (C=O) groups is 2. The van der Waals surface area contributed by atoms with Crippen LogP contribution in [0.2, 0.25) is 0 Å². The van der Waals surface area contributed by atoms with Crippen molar-refractivity contribution in [1.82, 2.24) is 10.6 Å². The SMILES string of the molecule is CCCNC(=O)CNC(=O)C(C)Oc1ccc(OC)cc1. The van der Waals surface area contributed by atoms with E-state index in [-0.39, 0.29) is 18.4 Å². The van der Waals surface area contributed by atoms with Gasteiger partial charge in [0.15, 0.2) is 6.10 Å². The highest BCUT2D eigenvalue weighted by molar-refractivity contribution is 5.86. The number of benzene rings is 1. The van der Waals surface area contributed by atoms with Crippen LogP contribution in [0, 0.1) is 0 Å². The molecule has 1 aromatic rings. The van der Waals surface area contributed by atoms with Gasteiger partial charge in [0.1, 0.15) is 11.5 Å². The fourth-order valence-corrected chi connectivity index (χ4v) is 1.55. The average molecular weight is 294 g/mol. The number of rotatable bonds is 8. The third-order valence-electron chi connectivity index (χ3n) is 2.74. The van der Waals surface area contributed by atoms with E-state index >= 15 is 0 Å². The van der Waals surface area contributed by atoms with Gasteiger partial charge >= 0.3 is 0 Å². The molecule has 0 saturated heterocycles. The van der Waals surface area contributed by atoms with Gasteiger partial charge in [-0.15, -0.1) is 0 Å². The van der Waals surface area contributed by atoms with Gasteiger partial charge in [-0.05, 0) is 37.6 Å². The molecule has 0 heterocycles. The van der Waals surface area contributed by atoms with Crippen molar-refractivity contribution in [2.24, 2.45) is 0 Å². The number of carbonyl (C=O) groups excluding carboxylic acids is 2. The van der Waals surface area contributed by atoms with E-state index in [0.717, 1.165) is 6.42 Å². The molecule has 0 aliphatic carbocycles. The highest BCUT2D eigenvalue weighted by atomic mass is 16.5. The molecule has 116 valence electrons. The number of hydrogen-bond donors (Lipinski definition) is 2. The van der Waals surface area contributed by atoms with Gasteiger partial charge in [-0.1, -0.05) is 6.92 Å². The summed E-state index contributed by atoms with van der Waals surface area (Å²) in [4.78, 5) is 23.2. The quantitative estimate of drug-likeness (QED) is 0.753. The zero-order chi connectivity index (χ0) is 15.7. The Labute approximate surface area is 124 Å². The van der Waals surface area contributed by atoms with Crippen LogP contribution in [0.25, 0.3) is 0 Å². The first-order valence-electron chi connectivity index (χ1n) is 6.92. The Balaban J connectivity index is 2.37. The van der Waals surface area contributed by atoms with Crippen LogP contribution in [0.15, 0.2) is 24.3 Å². The smallest absolute Gasteiger partial charge is 0.261 e. The Morgan fingerprint density at radius 2 is 1.76 bits per heavy atom. The van der Waals surface area contributed by atoms with Crippen molar-refractivity contribution in [2.45, 2.75) is 26.4 Å². The molecule has 0 spiro atoms. The largest absolute Gasteiger partial charge is 0.497 e. The van der Waals surface area contributed by atoms with E-state index in [9.17, 15) is 9.59 Å². The van der Waals surface area contributed by atoms with Crippen LogP contribution in [0.3, 0.4) is 0 Å². The van der Waals surface area contributed by atoms with Gasteiger partial charge in [-0.2, -0.15) is 0 Å². The predicted octanol–water partition coefficient (Wildman–Crippen LogP) is 1.10. The molecule has 0 bridgehead atoms. The Kier molecular flexibility index (Phi) is 7.08. The lowest BCUT2D eigenvalue weighted by Crippen LogP contribution is -2.42. The molecule has 1 rings (SSSR count). The second kappa shape index (κ2) is 8.84. The van der Waals surface area contributed by atoms with Gasteiger partial charge in [0, 0.05) is 6.54 Å². The predicted molar refractivity (Wildman–Crippen MR) is 79.4 cm³/mol. The molecule has 0 aliphatic heterocycles. The van der Waals surface area contributed by atoms with Crippen molar-refractivity contribution in [3.8, 4) is 11.5 Å². The Morgan fingerprint density at radius 1 is 1.14 bits per heavy atom. The molecule has 6 heteroatoms. The molecular formula is C15H22N2O4. The fourth-order valence-electron chi connectivity index (χ4n) is 1.55. The summed E-state index contributed by atoms with van der Waals surface area (Å²) in [6.45, 7) is 4.15. The van der Waals surface area contributed by atoms with Crippen molar-refractivity contribution in [3.63, 3.8) is 0 Å². The maximum Gasteiger partial charge on any atom is 0.261 e. The summed E-state index contributed by atoms with van der Waals surface area (Å²) in [5.41, 5.74) is 0. The van der Waals surface area contributed by atoms with E-state index in [0.29, 0.717) is 18.0 Å². The van der Waals surface area contributed by atoms with E-state index in [1.165, 1.54) is 0 Å². The molecule has 0 saturated carbocycles. The first kappa shape index (κ1) is 16.8. The minimum absolute atomic E-state index is 0.0465. The minimum atomic E-state index is -0.683. The topological polar surface area (TPSA) is 76.7 Å². The summed E-state index contributed by atoms with van der Waals surface area (Å²) in [5.74, 6) is 0.736. The highest BCUT2D eigenvalue weighted by Crippen LogP contribution is 2.18. The molecule has 0 fully saturated rings. The van der Waals surface area contributed by atoms with Crippen molar-refractivity contribution in [3.05, 3.63) is 24.3 Å². The summed E-state index contributed by atoms with van der Waals surface area (Å²) in [7, 11) is 1.58. The first-order chi connectivity index (χ1) is 10.1. The number of amides is 2. The van der Waals surface area contributed by atoms with Crippen LogP contribution in [-0.2, 0) is 9.59 Å². The summed E-state index contributed by atoms with van der Waals surface area (Å²) < 4.78 is 10.5. The fraction of sp³-hybridized carbons (Fsp3) is 0.467. The standard InChI is InChI=1S/C15H22N2O4/c1-4-9-16-14(18)10-17-15(19)11(2)21-13-7-5-12(20-3)6-8-13/h5-8,11H,4,9-10H2,1-3H3,(H,16,18)(H,17,19). The maximum absolute atomic E-state index is 11.8. The van der Waals surface area contributed by atoms with Gasteiger partial charge < -0.3 is 20.1 Å². The van der Waals surface area contributed by atoms with Gasteiger partial charge in [0.2, 0.25) is 5.91 Å². The molecule has 21 heavy (non-hydrogen) atoms. The van der Waals surface area contributed by atoms with Gasteiger partial charge in [-0.25, -0.2) is 0 Å². The minimum Gasteiger partial charge on any atom is -0.497 e. The van der Waals surface area contributed by atoms with Crippen molar-refractivity contribution >= 4 is 11.8 Å².